The molecule has 0 bridgehead atoms. The van der Waals surface area contributed by atoms with E-state index < -0.39 is 0 Å². The Kier molecular flexibility index (Phi) is 1.27. The highest BCUT2D eigenvalue weighted by Crippen LogP contribution is 3.28. The summed E-state index contributed by atoms with van der Waals surface area (Å²) in [4.78, 5) is 0. The number of hydrogen-bond donors (Lipinski definition) is 0. The van der Waals surface area contributed by atoms with Gasteiger partial charge < -0.3 is 0 Å². The lowest BCUT2D eigenvalue weighted by Gasteiger charge is -3.27. The lowest BCUT2D eigenvalue weighted by molar-refractivity contribution is -0.815. The summed E-state index contributed by atoms with van der Waals surface area (Å²) < 4.78 is 0. The average molecular weight is 309 g/mol. The molecule has 0 aliphatic heterocycles. The van der Waals surface area contributed by atoms with Gasteiger partial charge in [0.1, 0.15) is 0 Å². The molecule has 0 amide bonds. The van der Waals surface area contributed by atoms with Crippen LogP contribution in [0.15, 0.2) is 0 Å². The van der Waals surface area contributed by atoms with Crippen LogP contribution in [0.5, 0.6) is 0 Å². The van der Waals surface area contributed by atoms with Crippen LogP contribution in [0, 0.1) is 73.4 Å². The van der Waals surface area contributed by atoms with Crippen molar-refractivity contribution in [3.8, 4) is 0 Å². The van der Waals surface area contributed by atoms with Crippen molar-refractivity contribution in [2.75, 3.05) is 0 Å². The largest absolute Gasteiger partial charge is 0.0654 e. The Balaban J connectivity index is 1.44. The smallest absolute Gasteiger partial charge is 0.00583 e. The van der Waals surface area contributed by atoms with Crippen molar-refractivity contribution in [2.24, 2.45) is 73.4 Å². The van der Waals surface area contributed by atoms with Crippen molar-refractivity contribution in [1.82, 2.24) is 0 Å². The molecule has 8 rings (SSSR count). The second-order valence-electron chi connectivity index (χ2n) is 12.2. The minimum absolute atomic E-state index is 0.703. The summed E-state index contributed by atoms with van der Waals surface area (Å²) in [6.45, 7) is 16.2. The van der Waals surface area contributed by atoms with Crippen LogP contribution >= 0.6 is 0 Å². The van der Waals surface area contributed by atoms with Gasteiger partial charge in [0.05, 0.1) is 0 Å². The van der Waals surface area contributed by atoms with E-state index in [2.05, 4.69) is 41.5 Å². The molecule has 11 unspecified atom stereocenters. The van der Waals surface area contributed by atoms with Crippen LogP contribution in [0.25, 0.3) is 0 Å². The van der Waals surface area contributed by atoms with Gasteiger partial charge in [-0.2, -0.15) is 0 Å². The van der Waals surface area contributed by atoms with E-state index in [1.54, 1.807) is 19.3 Å². The molecule has 23 heavy (non-hydrogen) atoms. The van der Waals surface area contributed by atoms with Gasteiger partial charge in [-0.05, 0) is 92.7 Å². The van der Waals surface area contributed by atoms with Crippen molar-refractivity contribution in [3.05, 3.63) is 0 Å². The zero-order valence-electron chi connectivity index (χ0n) is 15.8. The first-order valence-corrected chi connectivity index (χ1v) is 10.8. The molecule has 0 N–H and O–H groups in total. The molecule has 0 radical (unpaired) electrons. The highest BCUT2D eigenvalue weighted by atomic mass is 15.3. The molecule has 8 saturated carbocycles. The molecule has 0 heterocycles. The van der Waals surface area contributed by atoms with Crippen LogP contribution in [0.2, 0.25) is 0 Å². The van der Waals surface area contributed by atoms with E-state index in [0.29, 0.717) is 10.8 Å². The molecule has 0 aromatic rings. The van der Waals surface area contributed by atoms with Gasteiger partial charge in [0.2, 0.25) is 0 Å². The molecule has 3 spiro atoms. The molecule has 0 aromatic heterocycles. The average Bonchev–Trinajstić information content (AvgIpc) is 2.50. The second kappa shape index (κ2) is 2.37. The molecular weight excluding hydrogens is 276 g/mol. The molecule has 0 heteroatoms. The van der Waals surface area contributed by atoms with Crippen molar-refractivity contribution in [3.63, 3.8) is 0 Å². The van der Waals surface area contributed by atoms with Crippen molar-refractivity contribution in [2.45, 2.75) is 67.2 Å². The van der Waals surface area contributed by atoms with E-state index in [4.69, 9.17) is 0 Å². The summed E-state index contributed by atoms with van der Waals surface area (Å²) >= 11 is 0. The summed E-state index contributed by atoms with van der Waals surface area (Å²) in [6.07, 6.45) is 6.30. The summed E-state index contributed by atoms with van der Waals surface area (Å²) in [6, 6.07) is 0. The summed E-state index contributed by atoms with van der Waals surface area (Å²) in [5.41, 5.74) is 5.59. The van der Waals surface area contributed by atoms with Crippen LogP contribution in [0.3, 0.4) is 0 Å². The molecule has 8 aliphatic rings. The van der Waals surface area contributed by atoms with Gasteiger partial charge >= 0.3 is 0 Å². The van der Waals surface area contributed by atoms with Crippen LogP contribution in [-0.2, 0) is 0 Å². The maximum atomic E-state index is 2.82. The molecule has 0 saturated heterocycles. The van der Waals surface area contributed by atoms with Gasteiger partial charge in [-0.15, -0.1) is 0 Å². The normalized spacial score (nSPS) is 90.5. The predicted molar refractivity (Wildman–Crippen MR) is 90.5 cm³/mol. The van der Waals surface area contributed by atoms with E-state index in [0.717, 1.165) is 50.7 Å². The molecule has 13 atom stereocenters. The molecule has 0 nitrogen and oxygen atoms in total. The van der Waals surface area contributed by atoms with Gasteiger partial charge in [0.15, 0.2) is 0 Å². The second-order valence-corrected chi connectivity index (χ2v) is 12.2. The Morgan fingerprint density at radius 2 is 1.57 bits per heavy atom. The fourth-order valence-electron chi connectivity index (χ4n) is 15.5. The Bertz CT molecular complexity index is 768. The van der Waals surface area contributed by atoms with Gasteiger partial charge in [-0.1, -0.05) is 48.0 Å². The standard InChI is InChI=1S/C23H32/c1-7-8-20-10-15-12(3)18(5)19(6)17(4)11(2)13-9-14-16(20)23(19,21(13,14)17)22(15,18)20/h11-16H,7-10H2,1-6H3/t11-,12+,13?,14?,15?,16?,17?,18?,19?,20?,21?,22?,23?/m0/s1. The third-order valence-corrected chi connectivity index (χ3v) is 14.6. The van der Waals surface area contributed by atoms with Gasteiger partial charge in [0.25, 0.3) is 0 Å². The van der Waals surface area contributed by atoms with E-state index in [-0.39, 0.29) is 0 Å². The van der Waals surface area contributed by atoms with Crippen molar-refractivity contribution in [1.29, 1.82) is 0 Å². The minimum Gasteiger partial charge on any atom is -0.0654 e. The molecule has 8 fully saturated rings. The van der Waals surface area contributed by atoms with Crippen LogP contribution in [0.1, 0.15) is 67.2 Å². The number of fused-ring (bicyclic) bond motifs is 4. The van der Waals surface area contributed by atoms with Crippen molar-refractivity contribution < 1.29 is 0 Å². The minimum atomic E-state index is 0.703. The van der Waals surface area contributed by atoms with Gasteiger partial charge in [-0.25, -0.2) is 0 Å². The summed E-state index contributed by atoms with van der Waals surface area (Å²) in [5, 5.41) is 0. The zero-order chi connectivity index (χ0) is 15.8. The highest BCUT2D eigenvalue weighted by Gasteiger charge is 3.25. The third-order valence-electron chi connectivity index (χ3n) is 14.6. The van der Waals surface area contributed by atoms with E-state index in [1.165, 1.54) is 18.3 Å². The number of hydrogen-bond acceptors (Lipinski definition) is 0. The monoisotopic (exact) mass is 308 g/mol. The van der Waals surface area contributed by atoms with Crippen LogP contribution in [-0.4, -0.2) is 0 Å². The quantitative estimate of drug-likeness (QED) is 0.642. The molecule has 124 valence electrons. The van der Waals surface area contributed by atoms with E-state index in [9.17, 15) is 0 Å². The maximum absolute atomic E-state index is 2.82. The molecular formula is C23H32. The first-order chi connectivity index (χ1) is 10.8. The predicted octanol–water partition coefficient (Wildman–Crippen LogP) is 5.38. The lowest BCUT2D eigenvalue weighted by atomic mass is 8.76. The molecule has 0 aromatic carbocycles. The van der Waals surface area contributed by atoms with E-state index in [1.807, 2.05) is 0 Å². The Morgan fingerprint density at radius 1 is 0.870 bits per heavy atom. The fourth-order valence-corrected chi connectivity index (χ4v) is 15.5. The lowest BCUT2D eigenvalue weighted by Crippen LogP contribution is -3.24. The Hall–Kier alpha value is 0. The first kappa shape index (κ1) is 12.4. The Morgan fingerprint density at radius 3 is 2.26 bits per heavy atom. The molecule has 8 aliphatic carbocycles. The Labute approximate surface area is 141 Å². The van der Waals surface area contributed by atoms with Crippen LogP contribution < -0.4 is 0 Å². The van der Waals surface area contributed by atoms with Gasteiger partial charge in [0, 0.05) is 0 Å². The summed E-state index contributed by atoms with van der Waals surface area (Å²) in [7, 11) is 0. The topological polar surface area (TPSA) is 0 Å². The zero-order valence-corrected chi connectivity index (χ0v) is 15.8. The van der Waals surface area contributed by atoms with E-state index >= 15 is 0 Å². The summed E-state index contributed by atoms with van der Waals surface area (Å²) in [5.74, 6) is 6.70. The first-order valence-electron chi connectivity index (χ1n) is 10.8. The number of rotatable bonds is 2. The highest BCUT2D eigenvalue weighted by molar-refractivity contribution is 5.71. The SMILES string of the molecule is CCCC12CC3[C@@H](C)C4(C)C5(C)C6(C)[C@@H](C)C7CC8C1C5(C876)C324. The van der Waals surface area contributed by atoms with Gasteiger partial charge in [-0.3, -0.25) is 0 Å². The maximum Gasteiger partial charge on any atom is -0.00583 e. The third kappa shape index (κ3) is 0.455. The fraction of sp³-hybridized carbons (Fsp3) is 1.00. The van der Waals surface area contributed by atoms with Crippen LogP contribution in [0.4, 0.5) is 0 Å². The van der Waals surface area contributed by atoms with Crippen molar-refractivity contribution >= 4 is 0 Å².